The molecule has 0 aliphatic carbocycles. The van der Waals surface area contributed by atoms with Crippen LogP contribution in [0.3, 0.4) is 0 Å². The summed E-state index contributed by atoms with van der Waals surface area (Å²) in [5, 5.41) is 7.84. The highest BCUT2D eigenvalue weighted by molar-refractivity contribution is 4.87. The number of aromatic nitrogens is 3. The van der Waals surface area contributed by atoms with Crippen molar-refractivity contribution in [1.29, 1.82) is 0 Å². The molecule has 0 spiro atoms. The lowest BCUT2D eigenvalue weighted by Gasteiger charge is -1.88. The van der Waals surface area contributed by atoms with E-state index in [1.165, 1.54) is 4.80 Å². The maximum absolute atomic E-state index is 4.83. The number of hydrogen-bond acceptors (Lipinski definition) is 3. The predicted molar refractivity (Wildman–Crippen MR) is 31.7 cm³/mol. The van der Waals surface area contributed by atoms with Gasteiger partial charge in [0.1, 0.15) is 5.69 Å². The Balaban J connectivity index is 2.61. The zero-order valence-corrected chi connectivity index (χ0v) is 5.53. The van der Waals surface area contributed by atoms with Gasteiger partial charge < -0.3 is 4.74 Å². The van der Waals surface area contributed by atoms with Gasteiger partial charge in [0.05, 0.1) is 12.8 Å². The van der Waals surface area contributed by atoms with Crippen molar-refractivity contribution in [3.8, 4) is 0 Å². The molecule has 1 aromatic heterocycles. The van der Waals surface area contributed by atoms with Crippen LogP contribution in [0, 0.1) is 0 Å². The van der Waals surface area contributed by atoms with Crippen LogP contribution in [0.4, 0.5) is 0 Å². The molecule has 0 aliphatic rings. The van der Waals surface area contributed by atoms with Gasteiger partial charge in [0, 0.05) is 14.2 Å². The monoisotopic (exact) mass is 127 g/mol. The maximum atomic E-state index is 4.83. The second kappa shape index (κ2) is 2.59. The molecular formula is C5H9N3O. The van der Waals surface area contributed by atoms with Gasteiger partial charge in [-0.25, -0.2) is 0 Å². The molecule has 0 fully saturated rings. The number of methoxy groups -OCH3 is 1. The van der Waals surface area contributed by atoms with Crippen LogP contribution in [-0.2, 0) is 18.4 Å². The number of nitrogens with zero attached hydrogens (tertiary/aromatic N) is 3. The number of aryl methyl sites for hydroxylation is 1. The molecule has 0 atom stereocenters. The highest BCUT2D eigenvalue weighted by Gasteiger charge is 1.93. The van der Waals surface area contributed by atoms with Gasteiger partial charge in [0.2, 0.25) is 0 Å². The van der Waals surface area contributed by atoms with Gasteiger partial charge in [-0.2, -0.15) is 15.0 Å². The van der Waals surface area contributed by atoms with E-state index < -0.39 is 0 Å². The average molecular weight is 127 g/mol. The summed E-state index contributed by atoms with van der Waals surface area (Å²) in [6.07, 6.45) is 1.68. The fourth-order valence-corrected chi connectivity index (χ4v) is 0.602. The molecule has 0 unspecified atom stereocenters. The highest BCUT2D eigenvalue weighted by atomic mass is 16.5. The molecule has 0 saturated carbocycles. The summed E-state index contributed by atoms with van der Waals surface area (Å²) < 4.78 is 4.83. The van der Waals surface area contributed by atoms with Crippen molar-refractivity contribution in [3.05, 3.63) is 11.9 Å². The van der Waals surface area contributed by atoms with E-state index in [1.807, 2.05) is 0 Å². The van der Waals surface area contributed by atoms with Crippen LogP contribution in [-0.4, -0.2) is 22.1 Å². The summed E-state index contributed by atoms with van der Waals surface area (Å²) in [6.45, 7) is 0.536. The lowest BCUT2D eigenvalue weighted by Crippen LogP contribution is -1.94. The number of rotatable bonds is 2. The van der Waals surface area contributed by atoms with Gasteiger partial charge >= 0.3 is 0 Å². The SMILES string of the molecule is COCc1cnn(C)n1. The first-order valence-electron chi connectivity index (χ1n) is 2.67. The molecule has 0 aliphatic heterocycles. The van der Waals surface area contributed by atoms with Crippen molar-refractivity contribution in [2.75, 3.05) is 7.11 Å². The number of ether oxygens (including phenoxy) is 1. The molecule has 4 nitrogen and oxygen atoms in total. The molecule has 0 radical (unpaired) electrons. The van der Waals surface area contributed by atoms with Crippen LogP contribution >= 0.6 is 0 Å². The van der Waals surface area contributed by atoms with E-state index >= 15 is 0 Å². The molecule has 0 amide bonds. The molecule has 1 aromatic rings. The molecule has 4 heteroatoms. The second-order valence-corrected chi connectivity index (χ2v) is 1.76. The van der Waals surface area contributed by atoms with E-state index in [4.69, 9.17) is 4.74 Å². The molecule has 9 heavy (non-hydrogen) atoms. The summed E-state index contributed by atoms with van der Waals surface area (Å²) in [7, 11) is 3.41. The van der Waals surface area contributed by atoms with Gasteiger partial charge in [-0.05, 0) is 0 Å². The molecule has 1 rings (SSSR count). The zero-order valence-electron chi connectivity index (χ0n) is 5.53. The molecule has 0 bridgehead atoms. The van der Waals surface area contributed by atoms with Crippen LogP contribution < -0.4 is 0 Å². The lowest BCUT2D eigenvalue weighted by atomic mass is 10.5. The molecule has 0 saturated heterocycles. The average Bonchev–Trinajstić information content (AvgIpc) is 2.17. The van der Waals surface area contributed by atoms with E-state index in [2.05, 4.69) is 10.2 Å². The van der Waals surface area contributed by atoms with Gasteiger partial charge in [0.15, 0.2) is 0 Å². The normalized spacial score (nSPS) is 10.0. The lowest BCUT2D eigenvalue weighted by molar-refractivity contribution is 0.181. The van der Waals surface area contributed by atoms with Crippen LogP contribution in [0.2, 0.25) is 0 Å². The Bertz CT molecular complexity index is 184. The molecule has 0 aromatic carbocycles. The first kappa shape index (κ1) is 6.22. The van der Waals surface area contributed by atoms with Crippen LogP contribution in [0.15, 0.2) is 6.20 Å². The summed E-state index contributed by atoms with van der Waals surface area (Å²) in [5.74, 6) is 0. The summed E-state index contributed by atoms with van der Waals surface area (Å²) in [4.78, 5) is 1.51. The van der Waals surface area contributed by atoms with Crippen molar-refractivity contribution in [2.45, 2.75) is 6.61 Å². The van der Waals surface area contributed by atoms with Gasteiger partial charge in [-0.15, -0.1) is 0 Å². The van der Waals surface area contributed by atoms with Gasteiger partial charge in [0.25, 0.3) is 0 Å². The Hall–Kier alpha value is -0.900. The minimum absolute atomic E-state index is 0.536. The third-order valence-electron chi connectivity index (χ3n) is 0.939. The predicted octanol–water partition coefficient (Wildman–Crippen LogP) is -0.0385. The van der Waals surface area contributed by atoms with Crippen molar-refractivity contribution in [2.24, 2.45) is 7.05 Å². The molecule has 50 valence electrons. The third kappa shape index (κ3) is 1.50. The fourth-order valence-electron chi connectivity index (χ4n) is 0.602. The van der Waals surface area contributed by atoms with Crippen LogP contribution in [0.5, 0.6) is 0 Å². The van der Waals surface area contributed by atoms with Crippen molar-refractivity contribution in [3.63, 3.8) is 0 Å². The van der Waals surface area contributed by atoms with E-state index in [0.29, 0.717) is 6.61 Å². The topological polar surface area (TPSA) is 39.9 Å². The Morgan fingerprint density at radius 2 is 2.56 bits per heavy atom. The molecular weight excluding hydrogens is 118 g/mol. The maximum Gasteiger partial charge on any atom is 0.108 e. The van der Waals surface area contributed by atoms with Crippen molar-refractivity contribution in [1.82, 2.24) is 15.0 Å². The number of hydrogen-bond donors (Lipinski definition) is 0. The van der Waals surface area contributed by atoms with Crippen LogP contribution in [0.1, 0.15) is 5.69 Å². The first-order valence-corrected chi connectivity index (χ1v) is 2.67. The quantitative estimate of drug-likeness (QED) is 0.559. The summed E-state index contributed by atoms with van der Waals surface area (Å²) in [5.41, 5.74) is 0.861. The molecule has 0 N–H and O–H groups in total. The Kier molecular flexibility index (Phi) is 1.79. The van der Waals surface area contributed by atoms with Crippen molar-refractivity contribution < 1.29 is 4.74 Å². The third-order valence-corrected chi connectivity index (χ3v) is 0.939. The highest BCUT2D eigenvalue weighted by Crippen LogP contribution is 1.90. The smallest absolute Gasteiger partial charge is 0.108 e. The zero-order chi connectivity index (χ0) is 6.69. The first-order chi connectivity index (χ1) is 4.33. The second-order valence-electron chi connectivity index (χ2n) is 1.76. The van der Waals surface area contributed by atoms with Gasteiger partial charge in [-0.1, -0.05) is 0 Å². The van der Waals surface area contributed by atoms with E-state index in [0.717, 1.165) is 5.69 Å². The molecule has 1 heterocycles. The Morgan fingerprint density at radius 1 is 1.78 bits per heavy atom. The minimum Gasteiger partial charge on any atom is -0.378 e. The van der Waals surface area contributed by atoms with E-state index in [1.54, 1.807) is 20.4 Å². The summed E-state index contributed by atoms with van der Waals surface area (Å²) >= 11 is 0. The standard InChI is InChI=1S/C5H9N3O/c1-8-6-3-5(7-8)4-9-2/h3H,4H2,1-2H3. The largest absolute Gasteiger partial charge is 0.378 e. The minimum atomic E-state index is 0.536. The van der Waals surface area contributed by atoms with E-state index in [-0.39, 0.29) is 0 Å². The summed E-state index contributed by atoms with van der Waals surface area (Å²) in [6, 6.07) is 0. The Labute approximate surface area is 53.4 Å². The van der Waals surface area contributed by atoms with Crippen LogP contribution in [0.25, 0.3) is 0 Å². The van der Waals surface area contributed by atoms with Crippen molar-refractivity contribution >= 4 is 0 Å². The fraction of sp³-hybridized carbons (Fsp3) is 0.600. The van der Waals surface area contributed by atoms with E-state index in [9.17, 15) is 0 Å². The Morgan fingerprint density at radius 3 is 3.00 bits per heavy atom. The van der Waals surface area contributed by atoms with Gasteiger partial charge in [-0.3, -0.25) is 0 Å².